The molecule has 8 aromatic carbocycles. The van der Waals surface area contributed by atoms with Gasteiger partial charge >= 0.3 is 0 Å². The van der Waals surface area contributed by atoms with E-state index in [1.165, 1.54) is 29.3 Å². The third-order valence-corrected chi connectivity index (χ3v) is 21.1. The van der Waals surface area contributed by atoms with E-state index in [9.17, 15) is 48.3 Å². The summed E-state index contributed by atoms with van der Waals surface area (Å²) in [4.78, 5) is 126. The van der Waals surface area contributed by atoms with Crippen LogP contribution in [-0.4, -0.2) is 133 Å². The molecule has 24 heteroatoms. The maximum absolute atomic E-state index is 14.0. The van der Waals surface area contributed by atoms with Crippen molar-refractivity contribution < 1.29 is 43.3 Å². The van der Waals surface area contributed by atoms with Crippen LogP contribution >= 0.6 is 0 Å². The number of hydrogen-bond donors (Lipinski definition) is 2. The zero-order valence-corrected chi connectivity index (χ0v) is 61.8. The van der Waals surface area contributed by atoms with Gasteiger partial charge in [0.15, 0.2) is 34.3 Å². The van der Waals surface area contributed by atoms with Crippen LogP contribution in [0.25, 0.3) is 0 Å². The summed E-state index contributed by atoms with van der Waals surface area (Å²) >= 11 is 0. The van der Waals surface area contributed by atoms with E-state index < -0.39 is 17.1 Å². The molecular weight excluding hydrogens is 1420 g/mol. The first-order valence-electron chi connectivity index (χ1n) is 37.2. The molecule has 6 aliphatic rings. The number of ether oxygens (including phenoxy) is 2. The van der Waals surface area contributed by atoms with Crippen molar-refractivity contribution in [3.8, 4) is 17.2 Å². The van der Waals surface area contributed by atoms with E-state index in [4.69, 9.17) is 9.47 Å². The van der Waals surface area contributed by atoms with Gasteiger partial charge in [0.2, 0.25) is 34.0 Å². The van der Waals surface area contributed by atoms with Crippen molar-refractivity contribution in [3.63, 3.8) is 0 Å². The third kappa shape index (κ3) is 15.1. The third-order valence-electron chi connectivity index (χ3n) is 21.1. The molecule has 0 saturated carbocycles. The number of pyridine rings is 3. The zero-order chi connectivity index (χ0) is 77.5. The highest BCUT2D eigenvalue weighted by Crippen LogP contribution is 2.39. The van der Waals surface area contributed by atoms with E-state index in [0.717, 1.165) is 61.2 Å². The molecule has 6 aliphatic heterocycles. The van der Waals surface area contributed by atoms with Gasteiger partial charge in [-0.2, -0.15) is 0 Å². The SMILES string of the molecule is CN1Cc2ccccc2C(c2ccccc2)N2CN(CCC1=O)C(=O)c1c(O)c(=O)ccn12.CN1Cc2ccccc2C(c2ccccc2)N2CN(CCC1=O)C(=O)c1c(OCc3ccccc3)c(=O)ccn12.O=C1CCN2CN(C(c3ccccc3)c3ccccc3CN1)n1ccc(=O)c(OCc3ccccc3)c1C2=O. The fourth-order valence-electron chi connectivity index (χ4n) is 15.4. The van der Waals surface area contributed by atoms with Crippen molar-refractivity contribution in [3.05, 3.63) is 370 Å². The highest BCUT2D eigenvalue weighted by Gasteiger charge is 2.42. The number of rotatable bonds is 9. The van der Waals surface area contributed by atoms with Gasteiger partial charge in [-0.1, -0.05) is 224 Å². The second-order valence-electron chi connectivity index (χ2n) is 28.2. The number of amides is 6. The molecule has 3 unspecified atom stereocenters. The maximum Gasteiger partial charge on any atom is 0.277 e. The number of nitrogens with zero attached hydrogens (tertiary/aromatic N) is 11. The van der Waals surface area contributed by atoms with Gasteiger partial charge in [-0.15, -0.1) is 0 Å². The Labute approximate surface area is 645 Å². The first-order chi connectivity index (χ1) is 54.6. The molecule has 11 aromatic rings. The van der Waals surface area contributed by atoms with Gasteiger partial charge in [0, 0.05) is 109 Å². The molecule has 0 saturated heterocycles. The maximum atomic E-state index is 14.0. The first-order valence-corrected chi connectivity index (χ1v) is 37.2. The molecule has 17 rings (SSSR count). The van der Waals surface area contributed by atoms with E-state index in [2.05, 4.69) is 45.7 Å². The second-order valence-corrected chi connectivity index (χ2v) is 28.2. The lowest BCUT2D eigenvalue weighted by Gasteiger charge is -2.44. The number of hydrogen-bond acceptors (Lipinski definition) is 15. The molecule has 3 aromatic heterocycles. The van der Waals surface area contributed by atoms with Gasteiger partial charge in [0.25, 0.3) is 17.7 Å². The lowest BCUT2D eigenvalue weighted by molar-refractivity contribution is -0.131. The first kappa shape index (κ1) is 73.7. The normalized spacial score (nSPS) is 17.5. The van der Waals surface area contributed by atoms with E-state index in [0.29, 0.717) is 19.6 Å². The van der Waals surface area contributed by atoms with Gasteiger partial charge in [-0.05, 0) is 61.2 Å². The topological polar surface area (TPSA) is 245 Å². The molecule has 0 radical (unpaired) electrons. The van der Waals surface area contributed by atoms with Gasteiger partial charge in [-0.25, -0.2) is 0 Å². The molecule has 2 N–H and O–H groups in total. The summed E-state index contributed by atoms with van der Waals surface area (Å²) in [5, 5.41) is 19.7. The Hall–Kier alpha value is -13.8. The van der Waals surface area contributed by atoms with Crippen LogP contribution in [0, 0.1) is 0 Å². The minimum Gasteiger partial charge on any atom is -0.502 e. The van der Waals surface area contributed by atoms with Gasteiger partial charge < -0.3 is 44.4 Å². The summed E-state index contributed by atoms with van der Waals surface area (Å²) in [7, 11) is 3.55. The molecule has 0 fully saturated rings. The molecule has 24 nitrogen and oxygen atoms in total. The van der Waals surface area contributed by atoms with Crippen molar-refractivity contribution in [2.24, 2.45) is 0 Å². The second kappa shape index (κ2) is 32.6. The lowest BCUT2D eigenvalue weighted by Crippen LogP contribution is -2.56. The zero-order valence-electron chi connectivity index (χ0n) is 61.8. The van der Waals surface area contributed by atoms with E-state index in [1.807, 2.05) is 199 Å². The molecule has 9 heterocycles. The van der Waals surface area contributed by atoms with Crippen molar-refractivity contribution in [1.29, 1.82) is 0 Å². The summed E-state index contributed by atoms with van der Waals surface area (Å²) in [6.07, 6.45) is 5.29. The van der Waals surface area contributed by atoms with Crippen LogP contribution in [-0.2, 0) is 47.2 Å². The van der Waals surface area contributed by atoms with E-state index in [1.54, 1.807) is 60.1 Å². The molecule has 0 aliphatic carbocycles. The quantitative estimate of drug-likeness (QED) is 0.137. The Morgan fingerprint density at radius 2 is 0.688 bits per heavy atom. The van der Waals surface area contributed by atoms with Crippen LogP contribution in [0.3, 0.4) is 0 Å². The fraction of sp³-hybridized carbons (Fsp3) is 0.216. The van der Waals surface area contributed by atoms with E-state index in [-0.39, 0.29) is 159 Å². The highest BCUT2D eigenvalue weighted by molar-refractivity contribution is 5.98. The highest BCUT2D eigenvalue weighted by atomic mass is 16.5. The molecular formula is C88H82N12O12. The molecule has 566 valence electrons. The van der Waals surface area contributed by atoms with Crippen molar-refractivity contribution in [1.82, 2.24) is 43.8 Å². The molecule has 112 heavy (non-hydrogen) atoms. The molecule has 3 atom stereocenters. The Bertz CT molecular complexity index is 5530. The Morgan fingerprint density at radius 3 is 1.09 bits per heavy atom. The minimum atomic E-state index is -0.617. The van der Waals surface area contributed by atoms with Crippen molar-refractivity contribution >= 4 is 35.4 Å². The van der Waals surface area contributed by atoms with Gasteiger partial charge in [-0.3, -0.25) is 72.2 Å². The minimum absolute atomic E-state index is 0.000438. The van der Waals surface area contributed by atoms with E-state index >= 15 is 0 Å². The Balaban J connectivity index is 0.000000134. The smallest absolute Gasteiger partial charge is 0.277 e. The summed E-state index contributed by atoms with van der Waals surface area (Å²) in [6.45, 7) is 2.82. The fourth-order valence-corrected chi connectivity index (χ4v) is 15.4. The van der Waals surface area contributed by atoms with Gasteiger partial charge in [0.05, 0.1) is 18.1 Å². The Kier molecular flexibility index (Phi) is 21.4. The van der Waals surface area contributed by atoms with Crippen LogP contribution in [0.2, 0.25) is 0 Å². The average Bonchev–Trinajstić information content (AvgIpc) is 0.904. The number of aromatic hydroxyl groups is 1. The summed E-state index contributed by atoms with van der Waals surface area (Å²) in [6, 6.07) is 76.2. The van der Waals surface area contributed by atoms with Crippen LogP contribution in [0.5, 0.6) is 17.2 Å². The summed E-state index contributed by atoms with van der Waals surface area (Å²) in [5.41, 5.74) is 9.63. The predicted molar refractivity (Wildman–Crippen MR) is 421 cm³/mol. The number of carbonyl (C=O) groups is 6. The summed E-state index contributed by atoms with van der Waals surface area (Å²) in [5.74, 6) is -2.02. The summed E-state index contributed by atoms with van der Waals surface area (Å²) < 4.78 is 17.2. The molecule has 6 bridgehead atoms. The number of fused-ring (bicyclic) bond motifs is 15. The lowest BCUT2D eigenvalue weighted by atomic mass is 9.93. The van der Waals surface area contributed by atoms with Crippen molar-refractivity contribution in [2.45, 2.75) is 70.2 Å². The number of aromatic nitrogens is 3. The molecule has 0 spiro atoms. The number of carbonyl (C=O) groups excluding carboxylic acids is 6. The monoisotopic (exact) mass is 1500 g/mol. The number of benzene rings is 8. The largest absolute Gasteiger partial charge is 0.502 e. The van der Waals surface area contributed by atoms with Crippen LogP contribution < -0.4 is 46.1 Å². The molecule has 6 amide bonds. The predicted octanol–water partition coefficient (Wildman–Crippen LogP) is 9.58. The standard InChI is InChI=1S/C32H30N4O4.C31H28N4O4.C25H24N4O4/c1-33-20-25-14-8-9-15-26(25)29(24-12-6-3-7-13-24)36-22-34(18-17-28(33)38)32(39)30-31(27(37)16-19-35(30)36)40-21-23-10-4-2-5-11-23;36-26-15-18-34-29(30(26)39-20-22-9-3-1-4-10-22)31(38)33-17-16-27(37)32-19-24-13-7-8-14-25(24)28(35(34)21-33)23-11-5-2-6-12-23;1-26-15-18-9-5-6-10-19(18)22(17-7-3-2-4-8-17)29-16-27(13-12-21(26)31)25(33)23-24(32)20(30)11-14-28(23)29/h2-16,19,29H,17-18,20-22H2,1H3;1-15,18,28H,16-17,19-21H2,(H,32,37);2-11,14,22,32H,12-13,15-16H2,1H3. The Morgan fingerprint density at radius 1 is 0.366 bits per heavy atom. The van der Waals surface area contributed by atoms with Crippen LogP contribution in [0.15, 0.2) is 276 Å². The van der Waals surface area contributed by atoms with Crippen LogP contribution in [0.1, 0.15) is 130 Å². The number of nitrogens with one attached hydrogen (secondary N) is 1. The van der Waals surface area contributed by atoms with Crippen molar-refractivity contribution in [2.75, 3.05) is 68.8 Å². The average molecular weight is 1500 g/mol. The van der Waals surface area contributed by atoms with Gasteiger partial charge in [0.1, 0.15) is 33.2 Å². The van der Waals surface area contributed by atoms with Crippen LogP contribution in [0.4, 0.5) is 0 Å².